The van der Waals surface area contributed by atoms with Crippen LogP contribution in [0, 0.1) is 5.92 Å². The first kappa shape index (κ1) is 33.0. The number of hydrogen-bond acceptors (Lipinski definition) is 12. The van der Waals surface area contributed by atoms with Gasteiger partial charge in [0, 0.05) is 0 Å². The highest BCUT2D eigenvalue weighted by molar-refractivity contribution is 7.52. The topological polar surface area (TPSA) is 176 Å². The zero-order valence-corrected chi connectivity index (χ0v) is 26.4. The molecule has 1 aromatic carbocycles. The molecule has 6 atom stereocenters. The van der Waals surface area contributed by atoms with E-state index >= 15 is 0 Å². The number of imidazole rings is 1. The average Bonchev–Trinajstić information content (AvgIpc) is 3.52. The van der Waals surface area contributed by atoms with Gasteiger partial charge in [-0.15, -0.1) is 0 Å². The third-order valence-corrected chi connectivity index (χ3v) is 9.03. The highest BCUT2D eigenvalue weighted by Crippen LogP contribution is 2.47. The van der Waals surface area contributed by atoms with Crippen molar-refractivity contribution in [1.29, 1.82) is 0 Å². The molecule has 1 saturated heterocycles. The fourth-order valence-electron chi connectivity index (χ4n) is 5.16. The van der Waals surface area contributed by atoms with Gasteiger partial charge in [-0.05, 0) is 50.7 Å². The van der Waals surface area contributed by atoms with Crippen LogP contribution < -0.4 is 14.3 Å². The number of aromatic nitrogens is 4. The first-order valence-electron chi connectivity index (χ1n) is 15.0. The molecule has 2 aromatic heterocycles. The van der Waals surface area contributed by atoms with E-state index in [0.717, 1.165) is 0 Å². The molecule has 14 nitrogen and oxygen atoms in total. The number of rotatable bonds is 4. The second-order valence-electron chi connectivity index (χ2n) is 11.6. The Morgan fingerprint density at radius 1 is 1.13 bits per heavy atom. The molecule has 0 radical (unpaired) electrons. The van der Waals surface area contributed by atoms with Crippen molar-refractivity contribution in [2.75, 3.05) is 19.8 Å². The van der Waals surface area contributed by atoms with E-state index in [-0.39, 0.29) is 24.2 Å². The number of aliphatic hydroxyl groups excluding tert-OH is 1. The summed E-state index contributed by atoms with van der Waals surface area (Å²) in [7, 11) is -4.29. The maximum atomic E-state index is 14.3. The van der Waals surface area contributed by atoms with Gasteiger partial charge in [-0.3, -0.25) is 13.9 Å². The molecule has 1 unspecified atom stereocenters. The Balaban J connectivity index is 1.46. The van der Waals surface area contributed by atoms with Crippen molar-refractivity contribution < 1.29 is 42.8 Å². The smallest absolute Gasteiger partial charge is 0.459 e. The SMILES string of the molecule is CC(C)C[C@H]1NP(=O)(Oc2ccccc2)OC[C@H]2O[C@@H](n3cnc4c(ncnc43)OCC/C=C/CCCOC1=O)[C@](C)(O)[C@@H]2O. The van der Waals surface area contributed by atoms with Crippen molar-refractivity contribution in [2.45, 2.75) is 76.5 Å². The Labute approximate surface area is 261 Å². The van der Waals surface area contributed by atoms with Gasteiger partial charge in [0.2, 0.25) is 5.88 Å². The van der Waals surface area contributed by atoms with Gasteiger partial charge in [-0.1, -0.05) is 44.2 Å². The van der Waals surface area contributed by atoms with Crippen molar-refractivity contribution in [2.24, 2.45) is 5.92 Å². The second kappa shape index (κ2) is 14.4. The lowest BCUT2D eigenvalue weighted by molar-refractivity contribution is -0.146. The number of ether oxygens (including phenoxy) is 3. The van der Waals surface area contributed by atoms with Crippen molar-refractivity contribution in [3.8, 4) is 11.6 Å². The van der Waals surface area contributed by atoms with Gasteiger partial charge in [0.15, 0.2) is 17.4 Å². The molecule has 0 spiro atoms. The highest BCUT2D eigenvalue weighted by atomic mass is 31.2. The summed E-state index contributed by atoms with van der Waals surface area (Å²) in [5, 5.41) is 25.3. The van der Waals surface area contributed by atoms with Gasteiger partial charge in [0.1, 0.15) is 35.9 Å². The third kappa shape index (κ3) is 7.89. The molecule has 0 aliphatic carbocycles. The molecule has 244 valence electrons. The van der Waals surface area contributed by atoms with Crippen LogP contribution in [0.1, 0.15) is 52.7 Å². The summed E-state index contributed by atoms with van der Waals surface area (Å²) >= 11 is 0. The number of carbonyl (C=O) groups excluding carboxylic acids is 1. The first-order chi connectivity index (χ1) is 21.6. The van der Waals surface area contributed by atoms with Crippen molar-refractivity contribution in [3.05, 3.63) is 55.1 Å². The molecule has 0 saturated carbocycles. The summed E-state index contributed by atoms with van der Waals surface area (Å²) in [5.74, 6) is -0.0536. The first-order valence-corrected chi connectivity index (χ1v) is 16.6. The second-order valence-corrected chi connectivity index (χ2v) is 13.3. The van der Waals surface area contributed by atoms with E-state index in [1.54, 1.807) is 30.3 Å². The van der Waals surface area contributed by atoms with Gasteiger partial charge in [0.25, 0.3) is 0 Å². The number of esters is 1. The molecule has 4 heterocycles. The third-order valence-electron chi connectivity index (χ3n) is 7.47. The summed E-state index contributed by atoms with van der Waals surface area (Å²) in [4.78, 5) is 26.1. The molecule has 3 aromatic rings. The average molecular weight is 646 g/mol. The number of allylic oxidation sites excluding steroid dienone is 1. The molecule has 0 amide bonds. The van der Waals surface area contributed by atoms with Crippen LogP contribution in [0.3, 0.4) is 0 Å². The lowest BCUT2D eigenvalue weighted by Gasteiger charge is -2.28. The van der Waals surface area contributed by atoms with Crippen LogP contribution in [0.4, 0.5) is 0 Å². The minimum absolute atomic E-state index is 0.0362. The van der Waals surface area contributed by atoms with E-state index in [0.29, 0.717) is 43.5 Å². The van der Waals surface area contributed by atoms with Crippen LogP contribution in [0.2, 0.25) is 0 Å². The molecule has 1 fully saturated rings. The van der Waals surface area contributed by atoms with Gasteiger partial charge >= 0.3 is 13.7 Å². The van der Waals surface area contributed by atoms with E-state index in [9.17, 15) is 19.6 Å². The lowest BCUT2D eigenvalue weighted by Crippen LogP contribution is -2.44. The van der Waals surface area contributed by atoms with Crippen LogP contribution >= 0.6 is 7.75 Å². The van der Waals surface area contributed by atoms with E-state index in [2.05, 4.69) is 20.0 Å². The van der Waals surface area contributed by atoms with Crippen molar-refractivity contribution in [3.63, 3.8) is 0 Å². The normalized spacial score (nSPS) is 31.1. The number of para-hydroxylation sites is 1. The fourth-order valence-corrected chi connectivity index (χ4v) is 6.68. The molecule has 2 aliphatic heterocycles. The summed E-state index contributed by atoms with van der Waals surface area (Å²) in [6.45, 7) is 5.31. The Kier molecular flexibility index (Phi) is 10.5. The van der Waals surface area contributed by atoms with Gasteiger partial charge < -0.3 is 28.9 Å². The number of cyclic esters (lactones) is 1. The maximum Gasteiger partial charge on any atom is 0.459 e. The number of benzene rings is 1. The Morgan fingerprint density at radius 3 is 2.69 bits per heavy atom. The van der Waals surface area contributed by atoms with Crippen molar-refractivity contribution >= 4 is 24.9 Å². The number of carbonyl (C=O) groups is 1. The molecular weight excluding hydrogens is 605 g/mol. The van der Waals surface area contributed by atoms with Crippen LogP contribution in [0.25, 0.3) is 11.2 Å². The molecule has 6 bridgehead atoms. The summed E-state index contributed by atoms with van der Waals surface area (Å²) < 4.78 is 44.9. The van der Waals surface area contributed by atoms with E-state index in [1.807, 2.05) is 26.0 Å². The van der Waals surface area contributed by atoms with Crippen LogP contribution in [0.5, 0.6) is 11.6 Å². The molecular formula is C30H40N5O9P. The predicted molar refractivity (Wildman–Crippen MR) is 162 cm³/mol. The number of nitrogens with zero attached hydrogens (tertiary/aromatic N) is 4. The zero-order valence-electron chi connectivity index (χ0n) is 25.5. The molecule has 2 aliphatic rings. The Hall–Kier alpha value is -3.39. The largest absolute Gasteiger partial charge is 0.476 e. The molecule has 15 heteroatoms. The predicted octanol–water partition coefficient (Wildman–Crippen LogP) is 3.71. The van der Waals surface area contributed by atoms with E-state index in [4.69, 9.17) is 23.3 Å². The van der Waals surface area contributed by atoms with Crippen LogP contribution in [-0.2, 0) is 23.4 Å². The van der Waals surface area contributed by atoms with E-state index in [1.165, 1.54) is 24.1 Å². The maximum absolute atomic E-state index is 14.3. The van der Waals surface area contributed by atoms with E-state index < -0.39 is 50.4 Å². The molecule has 3 N–H and O–H groups in total. The van der Waals surface area contributed by atoms with Crippen molar-refractivity contribution in [1.82, 2.24) is 24.6 Å². The molecule has 5 rings (SSSR count). The van der Waals surface area contributed by atoms with Gasteiger partial charge in [-0.25, -0.2) is 14.5 Å². The monoisotopic (exact) mass is 645 g/mol. The summed E-state index contributed by atoms with van der Waals surface area (Å²) in [6, 6.07) is 7.36. The fraction of sp³-hybridized carbons (Fsp3) is 0.533. The standard InChI is InChI=1S/C30H40N5O9P/c1-20(2)16-22-28(37)41-15-11-6-4-5-10-14-40-27-24-26(31-18-32-27)35(19-33-24)29-30(3,38)25(36)23(43-29)17-42-45(39,34-22)44-21-12-8-7-9-13-21/h4-5,7-9,12-13,18-20,22-23,25,29,36,38H,6,10-11,14-17H2,1-3H3,(H,34,39)/b5-4+/t22-,23-,25-,29-,30-,45?/m1/s1. The lowest BCUT2D eigenvalue weighted by atomic mass is 9.96. The van der Waals surface area contributed by atoms with Crippen LogP contribution in [-0.4, -0.2) is 79.4 Å². The van der Waals surface area contributed by atoms with Gasteiger partial charge in [0.05, 0.1) is 26.1 Å². The van der Waals surface area contributed by atoms with Gasteiger partial charge in [-0.2, -0.15) is 10.1 Å². The summed E-state index contributed by atoms with van der Waals surface area (Å²) in [6.07, 6.45) is 5.07. The minimum Gasteiger partial charge on any atom is -0.476 e. The molecule has 45 heavy (non-hydrogen) atoms. The van der Waals surface area contributed by atoms with Crippen LogP contribution in [0.15, 0.2) is 55.1 Å². The number of fused-ring (bicyclic) bond motifs is 3. The number of hydrogen-bond donors (Lipinski definition) is 3. The Bertz CT molecular complexity index is 1520. The number of aliphatic hydroxyl groups is 2. The quantitative estimate of drug-likeness (QED) is 0.213. The zero-order chi connectivity index (χ0) is 32.0. The highest BCUT2D eigenvalue weighted by Gasteiger charge is 2.54. The number of nitrogens with one attached hydrogen (secondary N) is 1. The summed E-state index contributed by atoms with van der Waals surface area (Å²) in [5.41, 5.74) is -1.15. The minimum atomic E-state index is -4.29. The Morgan fingerprint density at radius 2 is 1.91 bits per heavy atom.